The molecular weight excluding hydrogens is 991 g/mol. The van der Waals surface area contributed by atoms with Gasteiger partial charge in [-0.2, -0.15) is 0 Å². The number of allylic oxidation sites excluding steroid dienone is 5. The fourth-order valence-corrected chi connectivity index (χ4v) is 10.6. The number of unbranched alkanes of at least 4 members (excludes halogenated alkanes) is 35. The summed E-state index contributed by atoms with van der Waals surface area (Å²) >= 11 is 0. The van der Waals surface area contributed by atoms with Crippen molar-refractivity contribution in [2.75, 3.05) is 19.8 Å². The minimum absolute atomic E-state index is 0.249. The van der Waals surface area contributed by atoms with E-state index < -0.39 is 86.8 Å². The fourth-order valence-electron chi connectivity index (χ4n) is 10.6. The quantitative estimate of drug-likeness (QED) is 0.0204. The molecule has 0 aromatic heterocycles. The molecule has 2 fully saturated rings. The van der Waals surface area contributed by atoms with Crippen molar-refractivity contribution in [3.63, 3.8) is 0 Å². The highest BCUT2D eigenvalue weighted by Crippen LogP contribution is 2.30. The number of amides is 1. The molecule has 0 aromatic carbocycles. The molecule has 0 aromatic rings. The maximum atomic E-state index is 13.3. The molecule has 458 valence electrons. The molecule has 12 unspecified atom stereocenters. The van der Waals surface area contributed by atoms with E-state index in [1.54, 1.807) is 6.08 Å². The third-order valence-electron chi connectivity index (χ3n) is 15.8. The summed E-state index contributed by atoms with van der Waals surface area (Å²) in [5, 5.41) is 87.2. The van der Waals surface area contributed by atoms with E-state index in [0.717, 1.165) is 44.9 Å². The van der Waals surface area contributed by atoms with E-state index in [1.807, 2.05) is 6.08 Å². The fraction of sp³-hybridized carbons (Fsp3) is 0.891. The smallest absolute Gasteiger partial charge is 0.220 e. The Kier molecular flexibility index (Phi) is 46.2. The van der Waals surface area contributed by atoms with Crippen LogP contribution in [-0.2, 0) is 23.7 Å². The van der Waals surface area contributed by atoms with Crippen molar-refractivity contribution in [2.24, 2.45) is 0 Å². The standard InChI is InChI=1S/C64H119NO13/c1-3-5-7-9-11-13-15-17-19-21-23-24-25-26-27-28-29-30-32-34-36-38-40-42-44-46-48-56(69)65-52(53(68)47-45-43-41-39-37-35-33-31-22-20-18-16-14-12-10-8-6-4-2)51-75-63-61(74)59(72)62(55(50-67)77-63)78-64-60(73)58(71)57(70)54(49-66)76-64/h22,31,37,39,45,47,52-55,57-64,66-68,70-74H,3-21,23-30,32-36,38,40-44,46,48-51H2,1-2H3,(H,65,69)/b31-22+,39-37+,47-45+. The molecule has 12 atom stereocenters. The minimum atomic E-state index is -1.79. The Morgan fingerprint density at radius 1 is 0.449 bits per heavy atom. The molecule has 2 saturated heterocycles. The number of aliphatic hydroxyl groups is 8. The van der Waals surface area contributed by atoms with E-state index >= 15 is 0 Å². The third kappa shape index (κ3) is 34.6. The predicted molar refractivity (Wildman–Crippen MR) is 314 cm³/mol. The second-order valence-corrected chi connectivity index (χ2v) is 22.9. The zero-order valence-electron chi connectivity index (χ0n) is 49.4. The van der Waals surface area contributed by atoms with Crippen molar-refractivity contribution in [3.8, 4) is 0 Å². The van der Waals surface area contributed by atoms with Gasteiger partial charge >= 0.3 is 0 Å². The van der Waals surface area contributed by atoms with Gasteiger partial charge in [-0.05, 0) is 44.9 Å². The first-order valence-electron chi connectivity index (χ1n) is 32.2. The molecule has 14 nitrogen and oxygen atoms in total. The predicted octanol–water partition coefficient (Wildman–Crippen LogP) is 11.8. The lowest BCUT2D eigenvalue weighted by atomic mass is 9.97. The molecule has 2 heterocycles. The maximum Gasteiger partial charge on any atom is 0.220 e. The van der Waals surface area contributed by atoms with Crippen molar-refractivity contribution in [2.45, 2.75) is 344 Å². The topological polar surface area (TPSA) is 228 Å². The van der Waals surface area contributed by atoms with Crippen LogP contribution in [0.2, 0.25) is 0 Å². The Bertz CT molecular complexity index is 1450. The summed E-state index contributed by atoms with van der Waals surface area (Å²) in [6.07, 6.45) is 44.8. The number of aliphatic hydroxyl groups excluding tert-OH is 8. The zero-order valence-corrected chi connectivity index (χ0v) is 49.4. The van der Waals surface area contributed by atoms with Gasteiger partial charge in [-0.1, -0.05) is 256 Å². The first kappa shape index (κ1) is 72.3. The molecule has 0 spiro atoms. The van der Waals surface area contributed by atoms with Gasteiger partial charge in [-0.15, -0.1) is 0 Å². The summed E-state index contributed by atoms with van der Waals surface area (Å²) in [5.41, 5.74) is 0. The summed E-state index contributed by atoms with van der Waals surface area (Å²) in [5.74, 6) is -0.249. The van der Waals surface area contributed by atoms with Crippen LogP contribution in [0.3, 0.4) is 0 Å². The largest absolute Gasteiger partial charge is 0.394 e. The van der Waals surface area contributed by atoms with Crippen LogP contribution >= 0.6 is 0 Å². The van der Waals surface area contributed by atoms with E-state index in [4.69, 9.17) is 18.9 Å². The highest BCUT2D eigenvalue weighted by Gasteiger charge is 2.51. The van der Waals surface area contributed by atoms with Crippen LogP contribution in [0, 0.1) is 0 Å². The van der Waals surface area contributed by atoms with Crippen molar-refractivity contribution < 1.29 is 64.6 Å². The van der Waals surface area contributed by atoms with Gasteiger partial charge in [0, 0.05) is 6.42 Å². The summed E-state index contributed by atoms with van der Waals surface area (Å²) < 4.78 is 22.8. The molecule has 78 heavy (non-hydrogen) atoms. The van der Waals surface area contributed by atoms with Crippen LogP contribution in [0.5, 0.6) is 0 Å². The molecule has 14 heteroatoms. The molecule has 1 amide bonds. The lowest BCUT2D eigenvalue weighted by Crippen LogP contribution is -2.65. The molecule has 2 aliphatic heterocycles. The SMILES string of the molecule is CCCCCCCCCC/C=C/CC/C=C/CC/C=C/C(O)C(COC1OC(CO)C(OC2OC(CO)C(O)C(O)C2O)C(O)C1O)NC(=O)CCCCCCCCCCCCCCCCCCCCCCCCCCCC. The van der Waals surface area contributed by atoms with Crippen LogP contribution in [0.1, 0.15) is 271 Å². The van der Waals surface area contributed by atoms with Gasteiger partial charge in [0.2, 0.25) is 5.91 Å². The second kappa shape index (κ2) is 49.8. The summed E-state index contributed by atoms with van der Waals surface area (Å²) in [6, 6.07) is -0.936. The molecular formula is C64H119NO13. The van der Waals surface area contributed by atoms with Gasteiger partial charge in [0.05, 0.1) is 32.0 Å². The van der Waals surface area contributed by atoms with E-state index in [-0.39, 0.29) is 18.9 Å². The Hall–Kier alpha value is -1.79. The van der Waals surface area contributed by atoms with Gasteiger partial charge in [-0.3, -0.25) is 4.79 Å². The number of hydrogen-bond acceptors (Lipinski definition) is 13. The molecule has 0 saturated carbocycles. The average Bonchev–Trinajstić information content (AvgIpc) is 3.48. The number of ether oxygens (including phenoxy) is 4. The van der Waals surface area contributed by atoms with Gasteiger partial charge in [0.1, 0.15) is 48.8 Å². The number of carbonyl (C=O) groups is 1. The number of rotatable bonds is 52. The van der Waals surface area contributed by atoms with Crippen LogP contribution in [-0.4, -0.2) is 140 Å². The van der Waals surface area contributed by atoms with E-state index in [2.05, 4.69) is 43.5 Å². The lowest BCUT2D eigenvalue weighted by molar-refractivity contribution is -0.359. The van der Waals surface area contributed by atoms with Gasteiger partial charge in [0.15, 0.2) is 12.6 Å². The summed E-state index contributed by atoms with van der Waals surface area (Å²) in [4.78, 5) is 13.3. The second-order valence-electron chi connectivity index (χ2n) is 22.9. The highest BCUT2D eigenvalue weighted by molar-refractivity contribution is 5.76. The molecule has 2 aliphatic rings. The van der Waals surface area contributed by atoms with Crippen LogP contribution in [0.4, 0.5) is 0 Å². The number of hydrogen-bond donors (Lipinski definition) is 9. The van der Waals surface area contributed by atoms with Crippen molar-refractivity contribution in [1.82, 2.24) is 5.32 Å². The first-order chi connectivity index (χ1) is 38.1. The zero-order chi connectivity index (χ0) is 56.7. The van der Waals surface area contributed by atoms with E-state index in [9.17, 15) is 45.6 Å². The van der Waals surface area contributed by atoms with Crippen LogP contribution in [0.15, 0.2) is 36.5 Å². The molecule has 0 bridgehead atoms. The van der Waals surface area contributed by atoms with Gasteiger partial charge in [-0.25, -0.2) is 0 Å². The molecule has 0 radical (unpaired) electrons. The lowest BCUT2D eigenvalue weighted by Gasteiger charge is -2.46. The monoisotopic (exact) mass is 1110 g/mol. The van der Waals surface area contributed by atoms with E-state index in [0.29, 0.717) is 12.8 Å². The van der Waals surface area contributed by atoms with Gasteiger partial charge < -0.3 is 65.1 Å². The Balaban J connectivity index is 1.72. The molecule has 0 aliphatic carbocycles. The van der Waals surface area contributed by atoms with Crippen molar-refractivity contribution in [1.29, 1.82) is 0 Å². The van der Waals surface area contributed by atoms with E-state index in [1.165, 1.54) is 193 Å². The average molecular weight is 1110 g/mol. The van der Waals surface area contributed by atoms with Crippen molar-refractivity contribution in [3.05, 3.63) is 36.5 Å². The number of carbonyl (C=O) groups excluding carboxylic acids is 1. The minimum Gasteiger partial charge on any atom is -0.394 e. The van der Waals surface area contributed by atoms with Crippen LogP contribution in [0.25, 0.3) is 0 Å². The third-order valence-corrected chi connectivity index (χ3v) is 15.8. The van der Waals surface area contributed by atoms with Crippen molar-refractivity contribution >= 4 is 5.91 Å². The molecule has 9 N–H and O–H groups in total. The van der Waals surface area contributed by atoms with Crippen LogP contribution < -0.4 is 5.32 Å². The normalized spacial score (nSPS) is 24.7. The first-order valence-corrected chi connectivity index (χ1v) is 32.2. The summed E-state index contributed by atoms with van der Waals surface area (Å²) in [6.45, 7) is 2.80. The highest BCUT2D eigenvalue weighted by atomic mass is 16.7. The maximum absolute atomic E-state index is 13.3. The molecule has 2 rings (SSSR count). The summed E-state index contributed by atoms with van der Waals surface area (Å²) in [7, 11) is 0. The van der Waals surface area contributed by atoms with Gasteiger partial charge in [0.25, 0.3) is 0 Å². The Morgan fingerprint density at radius 2 is 0.821 bits per heavy atom. The Labute approximate surface area is 474 Å². The Morgan fingerprint density at radius 3 is 1.26 bits per heavy atom. The number of nitrogens with one attached hydrogen (secondary N) is 1.